The molecule has 0 saturated carbocycles. The van der Waals surface area contributed by atoms with Crippen LogP contribution in [0.3, 0.4) is 0 Å². The Kier molecular flexibility index (Phi) is 9.08. The Bertz CT molecular complexity index is 747. The highest BCUT2D eigenvalue weighted by molar-refractivity contribution is 7.99. The number of aryl methyl sites for hydroxylation is 1. The van der Waals surface area contributed by atoms with E-state index < -0.39 is 6.04 Å². The van der Waals surface area contributed by atoms with Crippen LogP contribution >= 0.6 is 11.8 Å². The number of hydrogen-bond donors (Lipinski definition) is 1. The minimum atomic E-state index is -0.451. The number of likely N-dealkylation sites (N-methyl/N-ethyl adjacent to an activating group) is 1. The van der Waals surface area contributed by atoms with Gasteiger partial charge in [0.05, 0.1) is 5.75 Å². The fraction of sp³-hybridized carbons (Fsp3) is 0.391. The lowest BCUT2D eigenvalue weighted by atomic mass is 10.1. The SMILES string of the molecule is CCNC(=O)C(CC)N(Cc1ccccc1)C(=O)CSCc1ccc(C)cc1. The molecular formula is C23H30N2O2S. The lowest BCUT2D eigenvalue weighted by molar-refractivity contribution is -0.139. The Morgan fingerprint density at radius 3 is 2.29 bits per heavy atom. The zero-order valence-electron chi connectivity index (χ0n) is 17.0. The largest absolute Gasteiger partial charge is 0.355 e. The average molecular weight is 399 g/mol. The second kappa shape index (κ2) is 11.5. The summed E-state index contributed by atoms with van der Waals surface area (Å²) in [6.45, 7) is 6.91. The van der Waals surface area contributed by atoms with Crippen LogP contribution in [0.25, 0.3) is 0 Å². The average Bonchev–Trinajstić information content (AvgIpc) is 2.70. The highest BCUT2D eigenvalue weighted by Crippen LogP contribution is 2.17. The summed E-state index contributed by atoms with van der Waals surface area (Å²) in [4.78, 5) is 27.3. The second-order valence-electron chi connectivity index (χ2n) is 6.80. The lowest BCUT2D eigenvalue weighted by Gasteiger charge is -2.30. The van der Waals surface area contributed by atoms with Crippen LogP contribution in [-0.4, -0.2) is 35.1 Å². The van der Waals surface area contributed by atoms with E-state index in [0.717, 1.165) is 11.3 Å². The summed E-state index contributed by atoms with van der Waals surface area (Å²) in [7, 11) is 0. The molecule has 2 rings (SSSR count). The van der Waals surface area contributed by atoms with E-state index in [0.29, 0.717) is 25.3 Å². The van der Waals surface area contributed by atoms with Gasteiger partial charge in [0.1, 0.15) is 6.04 Å². The smallest absolute Gasteiger partial charge is 0.242 e. The number of nitrogens with zero attached hydrogens (tertiary/aromatic N) is 1. The molecule has 0 aromatic heterocycles. The first-order valence-electron chi connectivity index (χ1n) is 9.79. The maximum atomic E-state index is 13.0. The molecular weight excluding hydrogens is 368 g/mol. The summed E-state index contributed by atoms with van der Waals surface area (Å²) in [5.41, 5.74) is 3.46. The molecule has 150 valence electrons. The molecule has 2 aromatic rings. The van der Waals surface area contributed by atoms with Crippen molar-refractivity contribution in [3.8, 4) is 0 Å². The molecule has 4 nitrogen and oxygen atoms in total. The molecule has 1 atom stereocenters. The number of carbonyl (C=O) groups is 2. The summed E-state index contributed by atoms with van der Waals surface area (Å²) in [5.74, 6) is 1.05. The molecule has 0 fully saturated rings. The zero-order valence-corrected chi connectivity index (χ0v) is 17.8. The van der Waals surface area contributed by atoms with E-state index in [9.17, 15) is 9.59 Å². The van der Waals surface area contributed by atoms with Gasteiger partial charge in [-0.3, -0.25) is 9.59 Å². The molecule has 0 aliphatic heterocycles. The molecule has 0 bridgehead atoms. The molecule has 2 amide bonds. The van der Waals surface area contributed by atoms with Crippen LogP contribution in [0, 0.1) is 6.92 Å². The van der Waals surface area contributed by atoms with Crippen molar-refractivity contribution in [3.63, 3.8) is 0 Å². The molecule has 0 radical (unpaired) electrons. The summed E-state index contributed by atoms with van der Waals surface area (Å²) >= 11 is 1.59. The molecule has 28 heavy (non-hydrogen) atoms. The van der Waals surface area contributed by atoms with E-state index in [1.807, 2.05) is 44.2 Å². The van der Waals surface area contributed by atoms with Gasteiger partial charge in [-0.2, -0.15) is 0 Å². The predicted molar refractivity (Wildman–Crippen MR) is 117 cm³/mol. The molecule has 0 heterocycles. The van der Waals surface area contributed by atoms with Crippen molar-refractivity contribution >= 4 is 23.6 Å². The van der Waals surface area contributed by atoms with Gasteiger partial charge in [0.25, 0.3) is 0 Å². The Balaban J connectivity index is 2.06. The van der Waals surface area contributed by atoms with Gasteiger partial charge >= 0.3 is 0 Å². The van der Waals surface area contributed by atoms with Crippen LogP contribution in [0.4, 0.5) is 0 Å². The minimum Gasteiger partial charge on any atom is -0.355 e. The molecule has 1 unspecified atom stereocenters. The number of benzene rings is 2. The molecule has 0 saturated heterocycles. The van der Waals surface area contributed by atoms with Crippen molar-refractivity contribution in [3.05, 3.63) is 71.3 Å². The van der Waals surface area contributed by atoms with Crippen molar-refractivity contribution in [1.29, 1.82) is 0 Å². The van der Waals surface area contributed by atoms with Gasteiger partial charge in [0.2, 0.25) is 11.8 Å². The third kappa shape index (κ3) is 6.71. The molecule has 0 aliphatic rings. The van der Waals surface area contributed by atoms with Crippen LogP contribution in [0.5, 0.6) is 0 Å². The van der Waals surface area contributed by atoms with E-state index in [1.165, 1.54) is 11.1 Å². The molecule has 0 spiro atoms. The van der Waals surface area contributed by atoms with Crippen LogP contribution in [0.2, 0.25) is 0 Å². The molecule has 2 aromatic carbocycles. The number of carbonyl (C=O) groups excluding carboxylic acids is 2. The number of thioether (sulfide) groups is 1. The Morgan fingerprint density at radius 2 is 1.68 bits per heavy atom. The fourth-order valence-corrected chi connectivity index (χ4v) is 3.89. The molecule has 1 N–H and O–H groups in total. The van der Waals surface area contributed by atoms with Crippen LogP contribution < -0.4 is 5.32 Å². The van der Waals surface area contributed by atoms with Crippen molar-refractivity contribution in [2.45, 2.75) is 45.5 Å². The van der Waals surface area contributed by atoms with Crippen molar-refractivity contribution in [1.82, 2.24) is 10.2 Å². The van der Waals surface area contributed by atoms with Crippen LogP contribution in [-0.2, 0) is 21.9 Å². The third-order valence-corrected chi connectivity index (χ3v) is 5.54. The standard InChI is InChI=1S/C23H30N2O2S/c1-4-21(23(27)24-5-2)25(15-19-9-7-6-8-10-19)22(26)17-28-16-20-13-11-18(3)12-14-20/h6-14,21H,4-5,15-17H2,1-3H3,(H,24,27). The molecule has 5 heteroatoms. The van der Waals surface area contributed by atoms with Gasteiger partial charge in [-0.05, 0) is 31.4 Å². The third-order valence-electron chi connectivity index (χ3n) is 4.55. The highest BCUT2D eigenvalue weighted by Gasteiger charge is 2.28. The molecule has 0 aliphatic carbocycles. The first kappa shape index (κ1) is 22.0. The quantitative estimate of drug-likeness (QED) is 0.653. The van der Waals surface area contributed by atoms with E-state index in [-0.39, 0.29) is 11.8 Å². The van der Waals surface area contributed by atoms with E-state index in [1.54, 1.807) is 16.7 Å². The van der Waals surface area contributed by atoms with E-state index in [2.05, 4.69) is 36.5 Å². The van der Waals surface area contributed by atoms with Crippen molar-refractivity contribution in [2.24, 2.45) is 0 Å². The van der Waals surface area contributed by atoms with Crippen LogP contribution in [0.15, 0.2) is 54.6 Å². The summed E-state index contributed by atoms with van der Waals surface area (Å²) in [6.07, 6.45) is 0.590. The predicted octanol–water partition coefficient (Wildman–Crippen LogP) is 4.17. The maximum Gasteiger partial charge on any atom is 0.242 e. The Morgan fingerprint density at radius 1 is 1.00 bits per heavy atom. The maximum absolute atomic E-state index is 13.0. The summed E-state index contributed by atoms with van der Waals surface area (Å²) in [6, 6.07) is 17.8. The zero-order chi connectivity index (χ0) is 20.4. The van der Waals surface area contributed by atoms with Gasteiger partial charge in [-0.1, -0.05) is 67.1 Å². The first-order valence-corrected chi connectivity index (χ1v) is 10.9. The Hall–Kier alpha value is -2.27. The number of amides is 2. The Labute approximate surface area is 172 Å². The number of rotatable bonds is 10. The van der Waals surface area contributed by atoms with Gasteiger partial charge < -0.3 is 10.2 Å². The second-order valence-corrected chi connectivity index (χ2v) is 7.79. The monoisotopic (exact) mass is 398 g/mol. The topological polar surface area (TPSA) is 49.4 Å². The normalized spacial score (nSPS) is 11.7. The van der Waals surface area contributed by atoms with Gasteiger partial charge in [0, 0.05) is 18.8 Å². The fourth-order valence-electron chi connectivity index (χ4n) is 3.02. The van der Waals surface area contributed by atoms with Crippen LogP contribution in [0.1, 0.15) is 37.0 Å². The van der Waals surface area contributed by atoms with Gasteiger partial charge in [-0.25, -0.2) is 0 Å². The van der Waals surface area contributed by atoms with Crippen molar-refractivity contribution < 1.29 is 9.59 Å². The van der Waals surface area contributed by atoms with Crippen molar-refractivity contribution in [2.75, 3.05) is 12.3 Å². The van der Waals surface area contributed by atoms with E-state index in [4.69, 9.17) is 0 Å². The minimum absolute atomic E-state index is 0.000863. The number of hydrogen-bond acceptors (Lipinski definition) is 3. The van der Waals surface area contributed by atoms with Gasteiger partial charge in [0.15, 0.2) is 0 Å². The number of nitrogens with one attached hydrogen (secondary N) is 1. The van der Waals surface area contributed by atoms with E-state index >= 15 is 0 Å². The summed E-state index contributed by atoms with van der Waals surface area (Å²) in [5, 5.41) is 2.87. The lowest BCUT2D eigenvalue weighted by Crippen LogP contribution is -2.49. The van der Waals surface area contributed by atoms with Gasteiger partial charge in [-0.15, -0.1) is 11.8 Å². The highest BCUT2D eigenvalue weighted by atomic mass is 32.2. The first-order chi connectivity index (χ1) is 13.5. The summed E-state index contributed by atoms with van der Waals surface area (Å²) < 4.78 is 0.